The molecule has 0 aliphatic heterocycles. The molecule has 1 aromatic carbocycles. The first kappa shape index (κ1) is 14.3. The van der Waals surface area contributed by atoms with Crippen LogP contribution in [0.2, 0.25) is 0 Å². The van der Waals surface area contributed by atoms with Crippen molar-refractivity contribution >= 4 is 5.69 Å². The first-order valence-electron chi connectivity index (χ1n) is 5.87. The number of alkyl halides is 3. The molecule has 0 radical (unpaired) electrons. The maximum Gasteiger partial charge on any atom is 0.416 e. The normalized spacial score (nSPS) is 11.4. The van der Waals surface area contributed by atoms with Crippen LogP contribution in [-0.2, 0) is 12.7 Å². The van der Waals surface area contributed by atoms with E-state index in [1.165, 1.54) is 0 Å². The summed E-state index contributed by atoms with van der Waals surface area (Å²) < 4.78 is 50.9. The molecule has 0 fully saturated rings. The zero-order chi connectivity index (χ0) is 14.8. The highest BCUT2D eigenvalue weighted by Gasteiger charge is 2.31. The van der Waals surface area contributed by atoms with E-state index in [4.69, 9.17) is 0 Å². The van der Waals surface area contributed by atoms with E-state index in [1.807, 2.05) is 6.92 Å². The van der Waals surface area contributed by atoms with Crippen molar-refractivity contribution in [3.63, 3.8) is 0 Å². The molecular formula is C14H12F4N2. The molecule has 1 N–H and O–H groups in total. The Kier molecular flexibility index (Phi) is 3.92. The molecule has 0 spiro atoms. The highest BCUT2D eigenvalue weighted by molar-refractivity contribution is 5.43. The van der Waals surface area contributed by atoms with Gasteiger partial charge >= 0.3 is 6.18 Å². The average molecular weight is 284 g/mol. The molecule has 2 aromatic rings. The molecule has 106 valence electrons. The third-order valence-electron chi connectivity index (χ3n) is 2.66. The standard InChI is InChI=1S/C14H12F4N2/c1-9-2-13(8-19-6-9)20-7-10-3-11(14(16,17)18)5-12(15)4-10/h2-6,8,20H,7H2,1H3. The smallest absolute Gasteiger partial charge is 0.380 e. The van der Waals surface area contributed by atoms with Crippen molar-refractivity contribution in [2.24, 2.45) is 0 Å². The highest BCUT2D eigenvalue weighted by atomic mass is 19.4. The lowest BCUT2D eigenvalue weighted by atomic mass is 10.1. The van der Waals surface area contributed by atoms with Gasteiger partial charge in [0.2, 0.25) is 0 Å². The van der Waals surface area contributed by atoms with E-state index >= 15 is 0 Å². The molecule has 6 heteroatoms. The van der Waals surface area contributed by atoms with Gasteiger partial charge in [0.05, 0.1) is 11.3 Å². The first-order valence-corrected chi connectivity index (χ1v) is 5.87. The Morgan fingerprint density at radius 2 is 1.85 bits per heavy atom. The predicted octanol–water partition coefficient (Wildman–Crippen LogP) is 4.16. The maximum atomic E-state index is 13.2. The fourth-order valence-corrected chi connectivity index (χ4v) is 1.77. The summed E-state index contributed by atoms with van der Waals surface area (Å²) in [4.78, 5) is 3.95. The van der Waals surface area contributed by atoms with E-state index in [-0.39, 0.29) is 12.1 Å². The number of nitrogens with one attached hydrogen (secondary N) is 1. The molecular weight excluding hydrogens is 272 g/mol. The van der Waals surface area contributed by atoms with Gasteiger partial charge in [0.15, 0.2) is 0 Å². The Labute approximate surface area is 113 Å². The number of rotatable bonds is 3. The maximum absolute atomic E-state index is 13.2. The van der Waals surface area contributed by atoms with Crippen molar-refractivity contribution in [1.82, 2.24) is 4.98 Å². The van der Waals surface area contributed by atoms with Crippen molar-refractivity contribution in [3.8, 4) is 0 Å². The molecule has 2 nitrogen and oxygen atoms in total. The fraction of sp³-hybridized carbons (Fsp3) is 0.214. The first-order chi connectivity index (χ1) is 9.34. The summed E-state index contributed by atoms with van der Waals surface area (Å²) in [5.41, 5.74) is 0.823. The zero-order valence-electron chi connectivity index (χ0n) is 10.6. The van der Waals surface area contributed by atoms with Crippen LogP contribution >= 0.6 is 0 Å². The van der Waals surface area contributed by atoms with Crippen LogP contribution in [0, 0.1) is 12.7 Å². The zero-order valence-corrected chi connectivity index (χ0v) is 10.6. The summed E-state index contributed by atoms with van der Waals surface area (Å²) in [5.74, 6) is -0.904. The van der Waals surface area contributed by atoms with Crippen LogP contribution in [0.3, 0.4) is 0 Å². The lowest BCUT2D eigenvalue weighted by Gasteiger charge is -2.11. The molecule has 1 heterocycles. The molecule has 0 atom stereocenters. The van der Waals surface area contributed by atoms with Crippen molar-refractivity contribution in [2.75, 3.05) is 5.32 Å². The minimum Gasteiger partial charge on any atom is -0.380 e. The molecule has 2 rings (SSSR count). The molecule has 0 saturated carbocycles. The number of halogens is 4. The summed E-state index contributed by atoms with van der Waals surface area (Å²) in [6, 6.07) is 4.29. The van der Waals surface area contributed by atoms with Crippen LogP contribution in [0.5, 0.6) is 0 Å². The van der Waals surface area contributed by atoms with E-state index in [1.54, 1.807) is 18.5 Å². The van der Waals surface area contributed by atoms with E-state index in [2.05, 4.69) is 10.3 Å². The number of aromatic nitrogens is 1. The topological polar surface area (TPSA) is 24.9 Å². The lowest BCUT2D eigenvalue weighted by Crippen LogP contribution is -2.08. The number of anilines is 1. The summed E-state index contributed by atoms with van der Waals surface area (Å²) in [6.45, 7) is 1.94. The van der Waals surface area contributed by atoms with E-state index in [0.717, 1.165) is 17.7 Å². The van der Waals surface area contributed by atoms with Crippen LogP contribution < -0.4 is 5.32 Å². The third-order valence-corrected chi connectivity index (χ3v) is 2.66. The molecule has 0 bridgehead atoms. The lowest BCUT2D eigenvalue weighted by molar-refractivity contribution is -0.137. The molecule has 0 aliphatic rings. The van der Waals surface area contributed by atoms with E-state index < -0.39 is 17.6 Å². The Morgan fingerprint density at radius 1 is 1.10 bits per heavy atom. The second-order valence-corrected chi connectivity index (χ2v) is 4.45. The number of hydrogen-bond acceptors (Lipinski definition) is 2. The van der Waals surface area contributed by atoms with Crippen LogP contribution in [0.4, 0.5) is 23.2 Å². The molecule has 20 heavy (non-hydrogen) atoms. The quantitative estimate of drug-likeness (QED) is 0.856. The van der Waals surface area contributed by atoms with Crippen molar-refractivity contribution in [2.45, 2.75) is 19.6 Å². The van der Waals surface area contributed by atoms with Gasteiger partial charge in [-0.15, -0.1) is 0 Å². The van der Waals surface area contributed by atoms with Gasteiger partial charge in [-0.3, -0.25) is 4.98 Å². The van der Waals surface area contributed by atoms with Crippen molar-refractivity contribution < 1.29 is 17.6 Å². The number of nitrogens with zero attached hydrogens (tertiary/aromatic N) is 1. The summed E-state index contributed by atoms with van der Waals surface area (Å²) >= 11 is 0. The summed E-state index contributed by atoms with van der Waals surface area (Å²) in [5, 5.41) is 2.91. The Bertz CT molecular complexity index is 608. The molecule has 0 amide bonds. The van der Waals surface area contributed by atoms with Crippen LogP contribution in [0.1, 0.15) is 16.7 Å². The monoisotopic (exact) mass is 284 g/mol. The third kappa shape index (κ3) is 3.69. The van der Waals surface area contributed by atoms with Gasteiger partial charge in [0.25, 0.3) is 0 Å². The Morgan fingerprint density at radius 3 is 2.50 bits per heavy atom. The Balaban J connectivity index is 2.16. The summed E-state index contributed by atoms with van der Waals surface area (Å²) in [7, 11) is 0. The molecule has 0 aliphatic carbocycles. The van der Waals surface area contributed by atoms with Crippen LogP contribution in [0.25, 0.3) is 0 Å². The van der Waals surface area contributed by atoms with Crippen molar-refractivity contribution in [3.05, 3.63) is 59.2 Å². The number of benzene rings is 1. The Hall–Kier alpha value is -2.11. The van der Waals surface area contributed by atoms with Gasteiger partial charge in [-0.05, 0) is 42.3 Å². The highest BCUT2D eigenvalue weighted by Crippen LogP contribution is 2.30. The average Bonchev–Trinajstić information content (AvgIpc) is 2.35. The fourth-order valence-electron chi connectivity index (χ4n) is 1.77. The van der Waals surface area contributed by atoms with E-state index in [9.17, 15) is 17.6 Å². The van der Waals surface area contributed by atoms with Crippen LogP contribution in [-0.4, -0.2) is 4.98 Å². The molecule has 0 saturated heterocycles. The van der Waals surface area contributed by atoms with Gasteiger partial charge in [-0.2, -0.15) is 13.2 Å². The number of hydrogen-bond donors (Lipinski definition) is 1. The second-order valence-electron chi connectivity index (χ2n) is 4.45. The number of pyridine rings is 1. The van der Waals surface area contributed by atoms with Gasteiger partial charge < -0.3 is 5.32 Å². The van der Waals surface area contributed by atoms with Gasteiger partial charge in [-0.25, -0.2) is 4.39 Å². The van der Waals surface area contributed by atoms with Gasteiger partial charge in [0.1, 0.15) is 5.82 Å². The predicted molar refractivity (Wildman–Crippen MR) is 67.7 cm³/mol. The molecule has 1 aromatic heterocycles. The minimum absolute atomic E-state index is 0.0893. The largest absolute Gasteiger partial charge is 0.416 e. The van der Waals surface area contributed by atoms with E-state index in [0.29, 0.717) is 11.8 Å². The SMILES string of the molecule is Cc1cncc(NCc2cc(F)cc(C(F)(F)F)c2)c1. The minimum atomic E-state index is -4.55. The number of aryl methyl sites for hydroxylation is 1. The molecule has 0 unspecified atom stereocenters. The van der Waals surface area contributed by atoms with Gasteiger partial charge in [0, 0.05) is 18.9 Å². The van der Waals surface area contributed by atoms with Crippen LogP contribution in [0.15, 0.2) is 36.7 Å². The second kappa shape index (κ2) is 5.48. The van der Waals surface area contributed by atoms with Gasteiger partial charge in [-0.1, -0.05) is 0 Å². The van der Waals surface area contributed by atoms with Crippen molar-refractivity contribution in [1.29, 1.82) is 0 Å². The summed E-state index contributed by atoms with van der Waals surface area (Å²) in [6.07, 6.45) is -1.34.